The molecule has 1 aliphatic rings. The molecule has 0 unspecified atom stereocenters. The minimum Gasteiger partial charge on any atom is -0.382 e. The Hall–Kier alpha value is -1.42. The lowest BCUT2D eigenvalue weighted by Crippen LogP contribution is -2.28. The average Bonchev–Trinajstić information content (AvgIpc) is 2.32. The number of halogens is 1. The number of ketones is 1. The van der Waals surface area contributed by atoms with Crippen LogP contribution in [0.5, 0.6) is 0 Å². The van der Waals surface area contributed by atoms with Gasteiger partial charge in [-0.25, -0.2) is 4.39 Å². The molecule has 0 amide bonds. The van der Waals surface area contributed by atoms with Crippen LogP contribution in [0.2, 0.25) is 0 Å². The van der Waals surface area contributed by atoms with Gasteiger partial charge in [0, 0.05) is 30.5 Å². The second-order valence-corrected chi connectivity index (χ2v) is 4.28. The SMILES string of the molecule is CC(=O)c1cc(F)ccc1NC1CCOCC1. The monoisotopic (exact) mass is 237 g/mol. The van der Waals surface area contributed by atoms with Crippen molar-refractivity contribution in [2.75, 3.05) is 18.5 Å². The van der Waals surface area contributed by atoms with Crippen molar-refractivity contribution in [2.24, 2.45) is 0 Å². The lowest BCUT2D eigenvalue weighted by Gasteiger charge is -2.25. The molecule has 1 N–H and O–H groups in total. The standard InChI is InChI=1S/C13H16FNO2/c1-9(16)12-8-10(14)2-3-13(12)15-11-4-6-17-7-5-11/h2-3,8,11,15H,4-7H2,1H3. The van der Waals surface area contributed by atoms with E-state index in [4.69, 9.17) is 4.74 Å². The maximum atomic E-state index is 13.1. The lowest BCUT2D eigenvalue weighted by atomic mass is 10.1. The number of hydrogen-bond donors (Lipinski definition) is 1. The Labute approximate surface area is 100.0 Å². The molecule has 1 aromatic carbocycles. The second-order valence-electron chi connectivity index (χ2n) is 4.28. The summed E-state index contributed by atoms with van der Waals surface area (Å²) in [5, 5.41) is 3.29. The fraction of sp³-hybridized carbons (Fsp3) is 0.462. The van der Waals surface area contributed by atoms with E-state index >= 15 is 0 Å². The van der Waals surface area contributed by atoms with E-state index in [9.17, 15) is 9.18 Å². The first kappa shape index (κ1) is 12.0. The number of benzene rings is 1. The Morgan fingerprint density at radius 1 is 1.41 bits per heavy atom. The predicted molar refractivity (Wildman–Crippen MR) is 63.9 cm³/mol. The number of nitrogens with one attached hydrogen (secondary N) is 1. The van der Waals surface area contributed by atoms with Crippen LogP contribution in [0, 0.1) is 5.82 Å². The van der Waals surface area contributed by atoms with Crippen molar-refractivity contribution in [2.45, 2.75) is 25.8 Å². The summed E-state index contributed by atoms with van der Waals surface area (Å²) in [6, 6.07) is 4.58. The molecule has 0 spiro atoms. The van der Waals surface area contributed by atoms with Gasteiger partial charge in [-0.15, -0.1) is 0 Å². The number of ether oxygens (including phenoxy) is 1. The minimum absolute atomic E-state index is 0.126. The van der Waals surface area contributed by atoms with E-state index in [1.54, 1.807) is 6.07 Å². The highest BCUT2D eigenvalue weighted by molar-refractivity contribution is 5.99. The maximum absolute atomic E-state index is 13.1. The number of Topliss-reactive ketones (excluding diaryl/α,β-unsaturated/α-hetero) is 1. The van der Waals surface area contributed by atoms with Crippen molar-refractivity contribution in [3.8, 4) is 0 Å². The predicted octanol–water partition coefficient (Wildman–Crippen LogP) is 2.62. The molecule has 0 aliphatic carbocycles. The van der Waals surface area contributed by atoms with Crippen LogP contribution >= 0.6 is 0 Å². The highest BCUT2D eigenvalue weighted by Gasteiger charge is 2.16. The Morgan fingerprint density at radius 2 is 2.12 bits per heavy atom. The van der Waals surface area contributed by atoms with Crippen molar-refractivity contribution >= 4 is 11.5 Å². The zero-order valence-corrected chi connectivity index (χ0v) is 9.83. The summed E-state index contributed by atoms with van der Waals surface area (Å²) in [4.78, 5) is 11.4. The average molecular weight is 237 g/mol. The van der Waals surface area contributed by atoms with E-state index in [1.807, 2.05) is 0 Å². The summed E-state index contributed by atoms with van der Waals surface area (Å²) in [5.41, 5.74) is 1.13. The molecule has 1 heterocycles. The van der Waals surface area contributed by atoms with Crippen LogP contribution in [0.15, 0.2) is 18.2 Å². The normalized spacial score (nSPS) is 16.8. The van der Waals surface area contributed by atoms with Gasteiger partial charge in [-0.05, 0) is 38.0 Å². The first-order valence-electron chi connectivity index (χ1n) is 5.81. The van der Waals surface area contributed by atoms with Gasteiger partial charge in [0.05, 0.1) is 0 Å². The molecule has 1 fully saturated rings. The van der Waals surface area contributed by atoms with Crippen LogP contribution in [-0.2, 0) is 4.74 Å². The van der Waals surface area contributed by atoms with Crippen LogP contribution in [0.1, 0.15) is 30.1 Å². The highest BCUT2D eigenvalue weighted by atomic mass is 19.1. The van der Waals surface area contributed by atoms with E-state index in [2.05, 4.69) is 5.32 Å². The smallest absolute Gasteiger partial charge is 0.161 e. The number of rotatable bonds is 3. The number of hydrogen-bond acceptors (Lipinski definition) is 3. The molecule has 1 aliphatic heterocycles. The van der Waals surface area contributed by atoms with Gasteiger partial charge in [0.2, 0.25) is 0 Å². The van der Waals surface area contributed by atoms with Gasteiger partial charge in [-0.1, -0.05) is 0 Å². The second kappa shape index (κ2) is 5.27. The van der Waals surface area contributed by atoms with Crippen molar-refractivity contribution in [3.63, 3.8) is 0 Å². The molecule has 0 saturated carbocycles. The Kier molecular flexibility index (Phi) is 3.74. The van der Waals surface area contributed by atoms with Gasteiger partial charge in [0.25, 0.3) is 0 Å². The third-order valence-corrected chi connectivity index (χ3v) is 2.94. The molecular formula is C13H16FNO2. The van der Waals surface area contributed by atoms with Crippen LogP contribution in [0.3, 0.4) is 0 Å². The molecule has 0 atom stereocenters. The first-order chi connectivity index (χ1) is 8.16. The largest absolute Gasteiger partial charge is 0.382 e. The number of carbonyl (C=O) groups excluding carboxylic acids is 1. The maximum Gasteiger partial charge on any atom is 0.161 e. The van der Waals surface area contributed by atoms with Crippen LogP contribution in [0.4, 0.5) is 10.1 Å². The third kappa shape index (κ3) is 3.03. The Morgan fingerprint density at radius 3 is 2.76 bits per heavy atom. The van der Waals surface area contributed by atoms with Gasteiger partial charge in [-0.3, -0.25) is 4.79 Å². The zero-order valence-electron chi connectivity index (χ0n) is 9.83. The van der Waals surface area contributed by atoms with Crippen molar-refractivity contribution in [1.29, 1.82) is 0 Å². The zero-order chi connectivity index (χ0) is 12.3. The van der Waals surface area contributed by atoms with Gasteiger partial charge < -0.3 is 10.1 Å². The molecule has 0 radical (unpaired) electrons. The van der Waals surface area contributed by atoms with Crippen LogP contribution in [-0.4, -0.2) is 25.0 Å². The summed E-state index contributed by atoms with van der Waals surface area (Å²) in [7, 11) is 0. The number of anilines is 1. The molecule has 0 bridgehead atoms. The van der Waals surface area contributed by atoms with E-state index in [-0.39, 0.29) is 11.6 Å². The van der Waals surface area contributed by atoms with E-state index in [1.165, 1.54) is 19.1 Å². The molecule has 0 aromatic heterocycles. The van der Waals surface area contributed by atoms with Crippen molar-refractivity contribution in [1.82, 2.24) is 0 Å². The molecule has 2 rings (SSSR count). The molecule has 17 heavy (non-hydrogen) atoms. The van der Waals surface area contributed by atoms with Crippen molar-refractivity contribution < 1.29 is 13.9 Å². The quantitative estimate of drug-likeness (QED) is 0.821. The summed E-state index contributed by atoms with van der Waals surface area (Å²) in [6.45, 7) is 2.91. The molecule has 3 nitrogen and oxygen atoms in total. The fourth-order valence-corrected chi connectivity index (χ4v) is 2.00. The minimum atomic E-state index is -0.382. The Bertz CT molecular complexity index is 414. The molecule has 4 heteroatoms. The van der Waals surface area contributed by atoms with Crippen molar-refractivity contribution in [3.05, 3.63) is 29.6 Å². The topological polar surface area (TPSA) is 38.3 Å². The summed E-state index contributed by atoms with van der Waals surface area (Å²) in [6.07, 6.45) is 1.82. The van der Waals surface area contributed by atoms with Crippen LogP contribution < -0.4 is 5.32 Å². The third-order valence-electron chi connectivity index (χ3n) is 2.94. The fourth-order valence-electron chi connectivity index (χ4n) is 2.00. The number of carbonyl (C=O) groups is 1. The summed E-state index contributed by atoms with van der Waals surface area (Å²) < 4.78 is 18.4. The van der Waals surface area contributed by atoms with E-state index in [0.29, 0.717) is 17.3 Å². The van der Waals surface area contributed by atoms with Crippen LogP contribution in [0.25, 0.3) is 0 Å². The first-order valence-corrected chi connectivity index (χ1v) is 5.81. The lowest BCUT2D eigenvalue weighted by molar-refractivity contribution is 0.0904. The van der Waals surface area contributed by atoms with Gasteiger partial charge in [0.15, 0.2) is 5.78 Å². The molecule has 1 aromatic rings. The molecular weight excluding hydrogens is 221 g/mol. The highest BCUT2D eigenvalue weighted by Crippen LogP contribution is 2.21. The Balaban J connectivity index is 2.16. The van der Waals surface area contributed by atoms with E-state index in [0.717, 1.165) is 26.1 Å². The van der Waals surface area contributed by atoms with Gasteiger partial charge in [-0.2, -0.15) is 0 Å². The summed E-state index contributed by atoms with van der Waals surface area (Å²) >= 11 is 0. The van der Waals surface area contributed by atoms with Gasteiger partial charge in [0.1, 0.15) is 5.82 Å². The van der Waals surface area contributed by atoms with E-state index < -0.39 is 0 Å². The molecule has 1 saturated heterocycles. The molecule has 92 valence electrons. The summed E-state index contributed by atoms with van der Waals surface area (Å²) in [5.74, 6) is -0.508. The van der Waals surface area contributed by atoms with Gasteiger partial charge >= 0.3 is 0 Å².